The van der Waals surface area contributed by atoms with E-state index < -0.39 is 5.82 Å². The number of carbonyl (C=O) groups excluding carboxylic acids is 2. The number of benzene rings is 1. The van der Waals surface area contributed by atoms with Gasteiger partial charge in [-0.05, 0) is 31.0 Å². The fourth-order valence-corrected chi connectivity index (χ4v) is 2.32. The third kappa shape index (κ3) is 4.41. The number of halogens is 2. The smallest absolute Gasteiger partial charge is 0.253 e. The van der Waals surface area contributed by atoms with Gasteiger partial charge in [0.25, 0.3) is 5.91 Å². The number of amides is 2. The first-order chi connectivity index (χ1) is 9.47. The molecular weight excluding hydrogens is 297 g/mol. The van der Waals surface area contributed by atoms with Gasteiger partial charge in [-0.25, -0.2) is 4.39 Å². The molecule has 7 heteroatoms. The molecule has 1 aliphatic heterocycles. The maximum Gasteiger partial charge on any atom is 0.253 e. The highest BCUT2D eigenvalue weighted by Crippen LogP contribution is 2.19. The van der Waals surface area contributed by atoms with Crippen LogP contribution in [0.25, 0.3) is 0 Å². The molecule has 116 valence electrons. The highest BCUT2D eigenvalue weighted by molar-refractivity contribution is 5.97. The fourth-order valence-electron chi connectivity index (χ4n) is 2.32. The maximum absolute atomic E-state index is 13.5. The summed E-state index contributed by atoms with van der Waals surface area (Å²) in [7, 11) is 0. The molecule has 1 atom stereocenters. The summed E-state index contributed by atoms with van der Waals surface area (Å²) in [4.78, 5) is 25.0. The molecule has 0 aliphatic carbocycles. The molecule has 1 unspecified atom stereocenters. The van der Waals surface area contributed by atoms with Crippen molar-refractivity contribution in [3.05, 3.63) is 29.6 Å². The second kappa shape index (κ2) is 7.38. The van der Waals surface area contributed by atoms with Crippen LogP contribution >= 0.6 is 12.4 Å². The summed E-state index contributed by atoms with van der Waals surface area (Å²) in [5, 5.41) is 2.37. The van der Waals surface area contributed by atoms with E-state index in [1.54, 1.807) is 4.90 Å². The Bertz CT molecular complexity index is 539. The average molecular weight is 316 g/mol. The van der Waals surface area contributed by atoms with Crippen LogP contribution in [0.5, 0.6) is 0 Å². The van der Waals surface area contributed by atoms with Gasteiger partial charge in [-0.2, -0.15) is 0 Å². The molecule has 0 radical (unpaired) electrons. The Morgan fingerprint density at radius 2 is 2.14 bits per heavy atom. The zero-order valence-electron chi connectivity index (χ0n) is 11.8. The molecule has 1 heterocycles. The van der Waals surface area contributed by atoms with E-state index in [1.165, 1.54) is 25.1 Å². The van der Waals surface area contributed by atoms with E-state index in [9.17, 15) is 14.0 Å². The molecule has 0 saturated carbocycles. The Labute approximate surface area is 129 Å². The van der Waals surface area contributed by atoms with Crippen LogP contribution in [-0.4, -0.2) is 35.8 Å². The monoisotopic (exact) mass is 315 g/mol. The Morgan fingerprint density at radius 3 is 2.76 bits per heavy atom. The van der Waals surface area contributed by atoms with Crippen molar-refractivity contribution in [2.75, 3.05) is 18.4 Å². The van der Waals surface area contributed by atoms with E-state index in [4.69, 9.17) is 5.73 Å². The van der Waals surface area contributed by atoms with Gasteiger partial charge in [0.05, 0.1) is 5.69 Å². The predicted molar refractivity (Wildman–Crippen MR) is 81.1 cm³/mol. The van der Waals surface area contributed by atoms with Crippen LogP contribution < -0.4 is 11.1 Å². The van der Waals surface area contributed by atoms with Crippen molar-refractivity contribution in [3.8, 4) is 0 Å². The van der Waals surface area contributed by atoms with Crippen LogP contribution in [0, 0.1) is 5.82 Å². The van der Waals surface area contributed by atoms with E-state index >= 15 is 0 Å². The molecule has 2 amide bonds. The van der Waals surface area contributed by atoms with Crippen LogP contribution in [0.15, 0.2) is 18.2 Å². The molecule has 21 heavy (non-hydrogen) atoms. The minimum atomic E-state index is -0.563. The molecule has 1 saturated heterocycles. The number of nitrogens with two attached hydrogens (primary N) is 1. The summed E-state index contributed by atoms with van der Waals surface area (Å²) in [6, 6.07) is 3.95. The fraction of sp³-hybridized carbons (Fsp3) is 0.429. The van der Waals surface area contributed by atoms with E-state index in [0.717, 1.165) is 12.8 Å². The molecule has 3 N–H and O–H groups in total. The first-order valence-corrected chi connectivity index (χ1v) is 6.59. The Hall–Kier alpha value is -1.66. The normalized spacial score (nSPS) is 17.9. The van der Waals surface area contributed by atoms with Crippen LogP contribution in [0.1, 0.15) is 30.1 Å². The molecule has 1 fully saturated rings. The summed E-state index contributed by atoms with van der Waals surface area (Å²) in [5.41, 5.74) is 6.22. The topological polar surface area (TPSA) is 75.4 Å². The molecule has 1 aliphatic rings. The number of hydrogen-bond donors (Lipinski definition) is 2. The van der Waals surface area contributed by atoms with Crippen LogP contribution in [0.2, 0.25) is 0 Å². The van der Waals surface area contributed by atoms with Gasteiger partial charge >= 0.3 is 0 Å². The minimum absolute atomic E-state index is 0. The van der Waals surface area contributed by atoms with Gasteiger partial charge in [0.1, 0.15) is 5.82 Å². The number of rotatable bonds is 2. The average Bonchev–Trinajstić information content (AvgIpc) is 2.40. The molecular formula is C14H19ClFN3O2. The van der Waals surface area contributed by atoms with Gasteiger partial charge in [0.15, 0.2) is 0 Å². The highest BCUT2D eigenvalue weighted by Gasteiger charge is 2.23. The Morgan fingerprint density at radius 1 is 1.43 bits per heavy atom. The predicted octanol–water partition coefficient (Wildman–Crippen LogP) is 1.77. The Balaban J connectivity index is 0.00000220. The van der Waals surface area contributed by atoms with Gasteiger partial charge in [0.2, 0.25) is 5.91 Å². The lowest BCUT2D eigenvalue weighted by atomic mass is 10.0. The number of carbonyl (C=O) groups is 2. The van der Waals surface area contributed by atoms with E-state index in [2.05, 4.69) is 5.32 Å². The SMILES string of the molecule is CC(=O)Nc1cc(C(=O)N2CCCC(N)C2)ccc1F.Cl. The van der Waals surface area contributed by atoms with Crippen molar-refractivity contribution in [2.24, 2.45) is 5.73 Å². The van der Waals surface area contributed by atoms with E-state index in [-0.39, 0.29) is 36.0 Å². The molecule has 0 spiro atoms. The minimum Gasteiger partial charge on any atom is -0.337 e. The first kappa shape index (κ1) is 17.4. The molecule has 5 nitrogen and oxygen atoms in total. The van der Waals surface area contributed by atoms with Gasteiger partial charge in [-0.15, -0.1) is 12.4 Å². The second-order valence-corrected chi connectivity index (χ2v) is 5.03. The number of hydrogen-bond acceptors (Lipinski definition) is 3. The van der Waals surface area contributed by atoms with E-state index in [1.807, 2.05) is 0 Å². The lowest BCUT2D eigenvalue weighted by Crippen LogP contribution is -2.45. The third-order valence-corrected chi connectivity index (χ3v) is 3.27. The lowest BCUT2D eigenvalue weighted by Gasteiger charge is -2.30. The number of nitrogens with zero attached hydrogens (tertiary/aromatic N) is 1. The molecule has 2 rings (SSSR count). The maximum atomic E-state index is 13.5. The number of anilines is 1. The molecule has 0 aromatic heterocycles. The number of nitrogens with one attached hydrogen (secondary N) is 1. The quantitative estimate of drug-likeness (QED) is 0.873. The van der Waals surface area contributed by atoms with E-state index in [0.29, 0.717) is 18.7 Å². The van der Waals surface area contributed by atoms with Gasteiger partial charge < -0.3 is 16.0 Å². The third-order valence-electron chi connectivity index (χ3n) is 3.27. The zero-order chi connectivity index (χ0) is 14.7. The summed E-state index contributed by atoms with van der Waals surface area (Å²) in [5.74, 6) is -1.13. The van der Waals surface area contributed by atoms with Crippen molar-refractivity contribution in [1.29, 1.82) is 0 Å². The van der Waals surface area contributed by atoms with Crippen molar-refractivity contribution < 1.29 is 14.0 Å². The molecule has 1 aromatic carbocycles. The van der Waals surface area contributed by atoms with Crippen LogP contribution in [-0.2, 0) is 4.79 Å². The van der Waals surface area contributed by atoms with Crippen LogP contribution in [0.4, 0.5) is 10.1 Å². The summed E-state index contributed by atoms with van der Waals surface area (Å²) in [6.07, 6.45) is 1.77. The van der Waals surface area contributed by atoms with Gasteiger partial charge in [0, 0.05) is 31.6 Å². The number of likely N-dealkylation sites (tertiary alicyclic amines) is 1. The summed E-state index contributed by atoms with van der Waals surface area (Å²) in [6.45, 7) is 2.45. The van der Waals surface area contributed by atoms with Crippen LogP contribution in [0.3, 0.4) is 0 Å². The Kier molecular flexibility index (Phi) is 6.11. The standard InChI is InChI=1S/C14H18FN3O2.ClH/c1-9(19)17-13-7-10(4-5-12(13)15)14(20)18-6-2-3-11(16)8-18;/h4-5,7,11H,2-3,6,8,16H2,1H3,(H,17,19);1H. The lowest BCUT2D eigenvalue weighted by molar-refractivity contribution is -0.114. The second-order valence-electron chi connectivity index (χ2n) is 5.03. The van der Waals surface area contributed by atoms with Crippen molar-refractivity contribution >= 4 is 29.9 Å². The molecule has 0 bridgehead atoms. The molecule has 1 aromatic rings. The summed E-state index contributed by atoms with van der Waals surface area (Å²) < 4.78 is 13.5. The van der Waals surface area contributed by atoms with Crippen molar-refractivity contribution in [1.82, 2.24) is 4.90 Å². The van der Waals surface area contributed by atoms with Gasteiger partial charge in [-0.1, -0.05) is 0 Å². The van der Waals surface area contributed by atoms with Gasteiger partial charge in [-0.3, -0.25) is 9.59 Å². The van der Waals surface area contributed by atoms with Crippen molar-refractivity contribution in [3.63, 3.8) is 0 Å². The number of piperidine rings is 1. The highest BCUT2D eigenvalue weighted by atomic mass is 35.5. The first-order valence-electron chi connectivity index (χ1n) is 6.59. The summed E-state index contributed by atoms with van der Waals surface area (Å²) >= 11 is 0. The van der Waals surface area contributed by atoms with Crippen molar-refractivity contribution in [2.45, 2.75) is 25.8 Å². The zero-order valence-corrected chi connectivity index (χ0v) is 12.6. The largest absolute Gasteiger partial charge is 0.337 e.